The summed E-state index contributed by atoms with van der Waals surface area (Å²) in [5.41, 5.74) is 12.3. The van der Waals surface area contributed by atoms with Gasteiger partial charge < -0.3 is 16.6 Å². The van der Waals surface area contributed by atoms with E-state index in [9.17, 15) is 0 Å². The van der Waals surface area contributed by atoms with Gasteiger partial charge in [0.05, 0.1) is 0 Å². The van der Waals surface area contributed by atoms with E-state index in [0.29, 0.717) is 0 Å². The Morgan fingerprint density at radius 1 is 1.07 bits per heavy atom. The molecule has 0 heterocycles. The number of hydrogen-bond donors (Lipinski definition) is 3. The van der Waals surface area contributed by atoms with Crippen LogP contribution < -0.4 is 11.5 Å². The van der Waals surface area contributed by atoms with Crippen LogP contribution in [0.4, 0.5) is 0 Å². The van der Waals surface area contributed by atoms with Crippen LogP contribution in [0.25, 0.3) is 0 Å². The quantitative estimate of drug-likeness (QED) is 0.733. The maximum absolute atomic E-state index is 9.00. The van der Waals surface area contributed by atoms with Crippen molar-refractivity contribution in [2.24, 2.45) is 11.5 Å². The molecule has 0 aliphatic rings. The number of aromatic hydroxyl groups is 1. The summed E-state index contributed by atoms with van der Waals surface area (Å²) in [7, 11) is 0. The Labute approximate surface area is 96.3 Å². The smallest absolute Gasteiger partial charge is 0.115 e. The van der Waals surface area contributed by atoms with E-state index in [1.54, 1.807) is 24.3 Å². The molecule has 1 aromatic rings. The normalized spacial score (nSPS) is 13.4. The lowest BCUT2D eigenvalue weighted by Gasteiger charge is -2.15. The van der Waals surface area contributed by atoms with Gasteiger partial charge in [-0.3, -0.25) is 0 Å². The van der Waals surface area contributed by atoms with Gasteiger partial charge in [-0.05, 0) is 24.6 Å². The van der Waals surface area contributed by atoms with Crippen LogP contribution in [0.2, 0.25) is 0 Å². The summed E-state index contributed by atoms with van der Waals surface area (Å²) in [6, 6.07) is 6.54. The standard InChI is InChI=1S/C9H14N2O.2ClH/c1-6(10)9(11)7-2-4-8(12)5-3-7;;/h2-6,9,12H,10-11H2,1H3;2*1H. The molecule has 0 aliphatic heterocycles. The third-order valence-electron chi connectivity index (χ3n) is 1.84. The summed E-state index contributed by atoms with van der Waals surface area (Å²) in [6.07, 6.45) is 0. The maximum atomic E-state index is 9.00. The fourth-order valence-electron chi connectivity index (χ4n) is 1.00. The summed E-state index contributed by atoms with van der Waals surface area (Å²) in [4.78, 5) is 0. The molecule has 0 bridgehead atoms. The summed E-state index contributed by atoms with van der Waals surface area (Å²) in [5.74, 6) is 0.246. The van der Waals surface area contributed by atoms with Gasteiger partial charge in [-0.1, -0.05) is 12.1 Å². The summed E-state index contributed by atoms with van der Waals surface area (Å²) < 4.78 is 0. The zero-order valence-corrected chi connectivity index (χ0v) is 9.52. The molecule has 5 heteroatoms. The van der Waals surface area contributed by atoms with Crippen LogP contribution in [-0.4, -0.2) is 11.1 Å². The SMILES string of the molecule is CC(N)C(N)c1ccc(O)cc1.Cl.Cl. The topological polar surface area (TPSA) is 72.3 Å². The molecule has 0 radical (unpaired) electrons. The lowest BCUT2D eigenvalue weighted by atomic mass is 10.0. The van der Waals surface area contributed by atoms with E-state index in [2.05, 4.69) is 0 Å². The predicted molar refractivity (Wildman–Crippen MR) is 63.2 cm³/mol. The molecule has 14 heavy (non-hydrogen) atoms. The van der Waals surface area contributed by atoms with Crippen molar-refractivity contribution in [3.8, 4) is 5.75 Å². The number of rotatable bonds is 2. The van der Waals surface area contributed by atoms with Crippen LogP contribution in [0.15, 0.2) is 24.3 Å². The first kappa shape index (κ1) is 16.0. The second kappa shape index (κ2) is 6.90. The summed E-state index contributed by atoms with van der Waals surface area (Å²) >= 11 is 0. The van der Waals surface area contributed by atoms with Crippen molar-refractivity contribution in [1.29, 1.82) is 0 Å². The number of nitrogens with two attached hydrogens (primary N) is 2. The largest absolute Gasteiger partial charge is 0.508 e. The molecule has 0 fully saturated rings. The Morgan fingerprint density at radius 3 is 1.86 bits per heavy atom. The van der Waals surface area contributed by atoms with E-state index in [0.717, 1.165) is 5.56 Å². The Morgan fingerprint density at radius 2 is 1.50 bits per heavy atom. The molecule has 0 saturated carbocycles. The Bertz CT molecular complexity index is 251. The van der Waals surface area contributed by atoms with Crippen molar-refractivity contribution in [1.82, 2.24) is 0 Å². The minimum Gasteiger partial charge on any atom is -0.508 e. The predicted octanol–water partition coefficient (Wildman–Crippen LogP) is 1.58. The minimum absolute atomic E-state index is 0. The highest BCUT2D eigenvalue weighted by atomic mass is 35.5. The third-order valence-corrected chi connectivity index (χ3v) is 1.84. The van der Waals surface area contributed by atoms with Gasteiger partial charge in [-0.2, -0.15) is 0 Å². The van der Waals surface area contributed by atoms with Crippen molar-refractivity contribution in [3.63, 3.8) is 0 Å². The van der Waals surface area contributed by atoms with Crippen LogP contribution in [0.1, 0.15) is 18.5 Å². The van der Waals surface area contributed by atoms with Gasteiger partial charge in [0.2, 0.25) is 0 Å². The van der Waals surface area contributed by atoms with Crippen molar-refractivity contribution in [3.05, 3.63) is 29.8 Å². The zero-order chi connectivity index (χ0) is 9.14. The summed E-state index contributed by atoms with van der Waals surface area (Å²) in [5, 5.41) is 9.00. The third kappa shape index (κ3) is 4.15. The van der Waals surface area contributed by atoms with Crippen molar-refractivity contribution >= 4 is 24.8 Å². The van der Waals surface area contributed by atoms with E-state index in [1.165, 1.54) is 0 Å². The molecule has 0 amide bonds. The minimum atomic E-state index is -0.161. The number of phenols is 1. The van der Waals surface area contributed by atoms with Crippen LogP contribution in [0, 0.1) is 0 Å². The van der Waals surface area contributed by atoms with Gasteiger partial charge >= 0.3 is 0 Å². The van der Waals surface area contributed by atoms with E-state index in [4.69, 9.17) is 16.6 Å². The fraction of sp³-hybridized carbons (Fsp3) is 0.333. The molecule has 0 saturated heterocycles. The number of hydrogen-bond acceptors (Lipinski definition) is 3. The molecular weight excluding hydrogens is 223 g/mol. The highest BCUT2D eigenvalue weighted by Crippen LogP contribution is 2.16. The Hall–Kier alpha value is -0.480. The average Bonchev–Trinajstić information content (AvgIpc) is 2.04. The average molecular weight is 239 g/mol. The monoisotopic (exact) mass is 238 g/mol. The lowest BCUT2D eigenvalue weighted by Crippen LogP contribution is -2.30. The molecule has 1 aromatic carbocycles. The van der Waals surface area contributed by atoms with Gasteiger partial charge in [0.25, 0.3) is 0 Å². The number of benzene rings is 1. The maximum Gasteiger partial charge on any atom is 0.115 e. The summed E-state index contributed by atoms with van der Waals surface area (Å²) in [6.45, 7) is 1.86. The van der Waals surface area contributed by atoms with Gasteiger partial charge in [0.15, 0.2) is 0 Å². The van der Waals surface area contributed by atoms with E-state index in [1.807, 2.05) is 6.92 Å². The lowest BCUT2D eigenvalue weighted by molar-refractivity contribution is 0.474. The van der Waals surface area contributed by atoms with Gasteiger partial charge in [-0.25, -0.2) is 0 Å². The molecular formula is C9H16Cl2N2O. The first-order chi connectivity index (χ1) is 5.61. The van der Waals surface area contributed by atoms with Crippen LogP contribution in [0.5, 0.6) is 5.75 Å². The highest BCUT2D eigenvalue weighted by molar-refractivity contribution is 5.85. The second-order valence-corrected chi connectivity index (χ2v) is 2.98. The first-order valence-electron chi connectivity index (χ1n) is 3.91. The molecule has 0 spiro atoms. The van der Waals surface area contributed by atoms with Crippen molar-refractivity contribution < 1.29 is 5.11 Å². The molecule has 0 aliphatic carbocycles. The van der Waals surface area contributed by atoms with E-state index in [-0.39, 0.29) is 42.6 Å². The first-order valence-corrected chi connectivity index (χ1v) is 3.91. The molecule has 2 atom stereocenters. The molecule has 82 valence electrons. The molecule has 5 N–H and O–H groups in total. The van der Waals surface area contributed by atoms with Gasteiger partial charge in [0, 0.05) is 12.1 Å². The van der Waals surface area contributed by atoms with Gasteiger partial charge in [0.1, 0.15) is 5.75 Å². The molecule has 2 unspecified atom stereocenters. The van der Waals surface area contributed by atoms with Crippen molar-refractivity contribution in [2.45, 2.75) is 19.0 Å². The van der Waals surface area contributed by atoms with Crippen LogP contribution in [0.3, 0.4) is 0 Å². The number of halogens is 2. The van der Waals surface area contributed by atoms with E-state index >= 15 is 0 Å². The molecule has 1 rings (SSSR count). The molecule has 3 nitrogen and oxygen atoms in total. The van der Waals surface area contributed by atoms with Crippen molar-refractivity contribution in [2.75, 3.05) is 0 Å². The van der Waals surface area contributed by atoms with E-state index < -0.39 is 0 Å². The Kier molecular flexibility index (Phi) is 7.87. The van der Waals surface area contributed by atoms with Crippen LogP contribution in [-0.2, 0) is 0 Å². The number of phenolic OH excluding ortho intramolecular Hbond substituents is 1. The zero-order valence-electron chi connectivity index (χ0n) is 7.88. The van der Waals surface area contributed by atoms with Gasteiger partial charge in [-0.15, -0.1) is 24.8 Å². The molecule has 0 aromatic heterocycles. The second-order valence-electron chi connectivity index (χ2n) is 2.98. The van der Waals surface area contributed by atoms with Crippen LogP contribution >= 0.6 is 24.8 Å². The highest BCUT2D eigenvalue weighted by Gasteiger charge is 2.09. The Balaban J connectivity index is 0. The fourth-order valence-corrected chi connectivity index (χ4v) is 1.00.